The Kier molecular flexibility index (Phi) is 9.50. The number of nitrogens with zero attached hydrogens (tertiary/aromatic N) is 2. The van der Waals surface area contributed by atoms with E-state index in [9.17, 15) is 18.0 Å². The van der Waals surface area contributed by atoms with Crippen LogP contribution in [0, 0.1) is 0 Å². The minimum atomic E-state index is -4.57. The predicted octanol–water partition coefficient (Wildman–Crippen LogP) is 4.11. The molecule has 1 aromatic carbocycles. The van der Waals surface area contributed by atoms with Gasteiger partial charge in [0.25, 0.3) is 0 Å². The molecule has 2 heterocycles. The second-order valence-electron chi connectivity index (χ2n) is 6.30. The summed E-state index contributed by atoms with van der Waals surface area (Å²) in [7, 11) is -2.62. The highest BCUT2D eigenvalue weighted by Crippen LogP contribution is 2.36. The summed E-state index contributed by atoms with van der Waals surface area (Å²) in [6.07, 6.45) is -1.07. The lowest BCUT2D eigenvalue weighted by molar-refractivity contribution is -0.118. The number of carbonyl (C=O) groups is 1. The molecule has 0 radical (unpaired) electrons. The Labute approximate surface area is 187 Å². The molecule has 1 fully saturated rings. The van der Waals surface area contributed by atoms with Crippen LogP contribution < -0.4 is 15.4 Å². The zero-order valence-corrected chi connectivity index (χ0v) is 18.4. The molecule has 0 aliphatic carbocycles. The molecule has 172 valence electrons. The van der Waals surface area contributed by atoms with Crippen molar-refractivity contribution < 1.29 is 31.1 Å². The number of carbonyl (C=O) groups excluding carboxylic acids is 1. The molecule has 0 spiro atoms. The number of thiazole rings is 1. The van der Waals surface area contributed by atoms with Crippen molar-refractivity contribution in [3.63, 3.8) is 0 Å². The number of thiol groups is 1. The van der Waals surface area contributed by atoms with Gasteiger partial charge in [-0.15, -0.1) is 0 Å². The van der Waals surface area contributed by atoms with Gasteiger partial charge in [-0.05, 0) is 25.3 Å². The number of anilines is 2. The largest absolute Gasteiger partial charge is 0.406 e. The first-order valence-corrected chi connectivity index (χ1v) is 11.4. The van der Waals surface area contributed by atoms with E-state index in [2.05, 4.69) is 15.4 Å². The quantitative estimate of drug-likeness (QED) is 0.546. The summed E-state index contributed by atoms with van der Waals surface area (Å²) in [6.45, 7) is -0.885. The Hall–Kier alpha value is -1.93. The van der Waals surface area contributed by atoms with E-state index in [0.717, 1.165) is 24.2 Å². The monoisotopic (exact) mass is 500 g/mol. The lowest BCUT2D eigenvalue weighted by Crippen LogP contribution is -2.42. The van der Waals surface area contributed by atoms with Gasteiger partial charge in [0, 0.05) is 12.2 Å². The van der Waals surface area contributed by atoms with Crippen molar-refractivity contribution in [1.29, 1.82) is 0 Å². The normalized spacial score (nSPS) is 16.4. The number of amides is 2. The molecule has 0 saturated carbocycles. The van der Waals surface area contributed by atoms with Crippen molar-refractivity contribution in [2.75, 3.05) is 23.4 Å². The highest BCUT2D eigenvalue weighted by atomic mass is 35.5. The van der Waals surface area contributed by atoms with Gasteiger partial charge in [-0.3, -0.25) is 10.2 Å². The van der Waals surface area contributed by atoms with E-state index in [1.807, 2.05) is 0 Å². The number of aromatic nitrogens is 1. The SMILES string of the molecule is N[SH](=O)=O.O=C(Nc1ncc(Cl)s1)N(CC(F)(F)F)c1ccccc1C1CCCCO1. The van der Waals surface area contributed by atoms with Crippen molar-refractivity contribution in [3.8, 4) is 0 Å². The van der Waals surface area contributed by atoms with E-state index in [0.29, 0.717) is 27.8 Å². The van der Waals surface area contributed by atoms with Crippen LogP contribution >= 0.6 is 22.9 Å². The Morgan fingerprint density at radius 3 is 2.58 bits per heavy atom. The summed E-state index contributed by atoms with van der Waals surface area (Å²) in [4.78, 5) is 17.2. The Balaban J connectivity index is 0.000000785. The number of alkyl halides is 3. The first-order valence-electron chi connectivity index (χ1n) is 8.93. The molecule has 1 unspecified atom stereocenters. The first-order chi connectivity index (χ1) is 14.6. The van der Waals surface area contributed by atoms with Gasteiger partial charge >= 0.3 is 12.2 Å². The second kappa shape index (κ2) is 11.6. The molecule has 2 amide bonds. The molecule has 8 nitrogen and oxygen atoms in total. The maximum atomic E-state index is 13.2. The van der Waals surface area contributed by atoms with Gasteiger partial charge in [0.05, 0.1) is 18.0 Å². The van der Waals surface area contributed by atoms with E-state index in [1.54, 1.807) is 18.2 Å². The summed E-state index contributed by atoms with van der Waals surface area (Å²) in [6, 6.07) is 5.58. The molecule has 14 heteroatoms. The van der Waals surface area contributed by atoms with Crippen LogP contribution in [-0.2, 0) is 15.6 Å². The minimum absolute atomic E-state index is 0.128. The third-order valence-electron chi connectivity index (χ3n) is 4.03. The van der Waals surface area contributed by atoms with Crippen molar-refractivity contribution in [2.24, 2.45) is 5.14 Å². The summed E-state index contributed by atoms with van der Waals surface area (Å²) >= 11 is 6.74. The van der Waals surface area contributed by atoms with Gasteiger partial charge in [0.1, 0.15) is 10.9 Å². The van der Waals surface area contributed by atoms with Crippen LogP contribution in [0.3, 0.4) is 0 Å². The number of nitrogens with one attached hydrogen (secondary N) is 1. The van der Waals surface area contributed by atoms with Crippen LogP contribution in [-0.4, -0.2) is 38.8 Å². The van der Waals surface area contributed by atoms with Crippen molar-refractivity contribution in [1.82, 2.24) is 4.98 Å². The minimum Gasteiger partial charge on any atom is -0.373 e. The fourth-order valence-electron chi connectivity index (χ4n) is 2.91. The van der Waals surface area contributed by atoms with Crippen LogP contribution in [0.2, 0.25) is 4.34 Å². The number of urea groups is 1. The summed E-state index contributed by atoms with van der Waals surface area (Å²) in [5, 5.41) is 6.58. The molecule has 0 bridgehead atoms. The number of rotatable bonds is 4. The lowest BCUT2D eigenvalue weighted by Gasteiger charge is -2.30. The van der Waals surface area contributed by atoms with Crippen LogP contribution in [0.15, 0.2) is 30.5 Å². The van der Waals surface area contributed by atoms with Crippen LogP contribution in [0.1, 0.15) is 30.9 Å². The summed E-state index contributed by atoms with van der Waals surface area (Å²) in [5.41, 5.74) is 0.732. The fourth-order valence-corrected chi connectivity index (χ4v) is 3.71. The molecule has 1 atom stereocenters. The Morgan fingerprint density at radius 1 is 1.35 bits per heavy atom. The molecule has 1 saturated heterocycles. The number of halogens is 4. The fraction of sp³-hybridized carbons (Fsp3) is 0.412. The van der Waals surface area contributed by atoms with Gasteiger partial charge in [0.15, 0.2) is 16.0 Å². The zero-order chi connectivity index (χ0) is 23.0. The molecule has 1 aliphatic heterocycles. The second-order valence-corrected chi connectivity index (χ2v) is 8.53. The van der Waals surface area contributed by atoms with Gasteiger partial charge in [-0.25, -0.2) is 23.3 Å². The maximum Gasteiger partial charge on any atom is 0.406 e. The van der Waals surface area contributed by atoms with E-state index < -0.39 is 29.6 Å². The highest BCUT2D eigenvalue weighted by molar-refractivity contribution is 7.69. The van der Waals surface area contributed by atoms with Crippen LogP contribution in [0.25, 0.3) is 0 Å². The molecule has 31 heavy (non-hydrogen) atoms. The number of ether oxygens (including phenoxy) is 1. The molecule has 1 aromatic heterocycles. The van der Waals surface area contributed by atoms with Gasteiger partial charge in [-0.1, -0.05) is 41.1 Å². The number of hydrogen-bond donors (Lipinski definition) is 3. The van der Waals surface area contributed by atoms with Crippen LogP contribution in [0.4, 0.5) is 28.8 Å². The Bertz CT molecular complexity index is 941. The smallest absolute Gasteiger partial charge is 0.373 e. The van der Waals surface area contributed by atoms with Gasteiger partial charge < -0.3 is 4.74 Å². The summed E-state index contributed by atoms with van der Waals surface area (Å²) in [5.74, 6) is 0. The van der Waals surface area contributed by atoms with E-state index in [4.69, 9.17) is 24.8 Å². The number of benzene rings is 1. The first kappa shape index (κ1) is 25.3. The van der Waals surface area contributed by atoms with Crippen molar-refractivity contribution >= 4 is 50.7 Å². The van der Waals surface area contributed by atoms with E-state index >= 15 is 0 Å². The number of para-hydroxylation sites is 1. The molecule has 3 rings (SSSR count). The average molecular weight is 501 g/mol. The number of nitrogens with two attached hydrogens (primary N) is 1. The number of hydrogen-bond acceptors (Lipinski definition) is 6. The Morgan fingerprint density at radius 2 is 2.03 bits per heavy atom. The van der Waals surface area contributed by atoms with Gasteiger partial charge in [-0.2, -0.15) is 13.2 Å². The van der Waals surface area contributed by atoms with Crippen molar-refractivity contribution in [2.45, 2.75) is 31.5 Å². The van der Waals surface area contributed by atoms with E-state index in [-0.39, 0.29) is 16.9 Å². The standard InChI is InChI=1S/C17H17ClF3N3O2S.H3NO2S/c18-14-9-22-15(27-14)23-16(25)24(10-17(19,20)21)12-6-2-1-5-11(12)13-7-3-4-8-26-13;1-4(2)3/h1-2,5-6,9,13H,3-4,7-8,10H2,(H,22,23,25);4H,(H2,1,2,3). The average Bonchev–Trinajstić information content (AvgIpc) is 3.10. The molecule has 1 aliphatic rings. The molecule has 2 aromatic rings. The topological polar surface area (TPSA) is 115 Å². The lowest BCUT2D eigenvalue weighted by atomic mass is 9.99. The summed E-state index contributed by atoms with van der Waals surface area (Å²) < 4.78 is 63.2. The molecule has 3 N–H and O–H groups in total. The van der Waals surface area contributed by atoms with Crippen molar-refractivity contribution in [3.05, 3.63) is 40.4 Å². The predicted molar refractivity (Wildman–Crippen MR) is 113 cm³/mol. The highest BCUT2D eigenvalue weighted by Gasteiger charge is 2.36. The third-order valence-corrected chi connectivity index (χ3v) is 5.06. The molecular formula is C17H20ClF3N4O4S2. The van der Waals surface area contributed by atoms with Crippen LogP contribution in [0.5, 0.6) is 0 Å². The third kappa shape index (κ3) is 8.61. The van der Waals surface area contributed by atoms with E-state index in [1.165, 1.54) is 12.3 Å². The zero-order valence-electron chi connectivity index (χ0n) is 16.0. The van der Waals surface area contributed by atoms with Gasteiger partial charge in [0.2, 0.25) is 0 Å². The maximum absolute atomic E-state index is 13.2. The molecular weight excluding hydrogens is 481 g/mol.